The summed E-state index contributed by atoms with van der Waals surface area (Å²) in [6, 6.07) is 0.273. The number of likely N-dealkylation sites (N-methyl/N-ethyl adjacent to an activating group) is 1. The van der Waals surface area contributed by atoms with Gasteiger partial charge in [0.1, 0.15) is 0 Å². The molecule has 6 heteroatoms. The zero-order valence-corrected chi connectivity index (χ0v) is 13.3. The average Bonchev–Trinajstić information content (AvgIpc) is 2.47. The molecular formula is C15H28N4O2. The van der Waals surface area contributed by atoms with Crippen molar-refractivity contribution in [1.82, 2.24) is 14.7 Å². The second kappa shape index (κ2) is 7.22. The molecule has 0 spiro atoms. The van der Waals surface area contributed by atoms with E-state index < -0.39 is 0 Å². The Bertz CT molecular complexity index is 370. The standard InChI is InChI=1S/C15H28N4O2/c1-17(2)11-14(20)18-7-9-19(10-8-18)15(21)12-3-5-13(16)6-4-12/h12-13H,3-11,16H2,1-2H3. The molecular weight excluding hydrogens is 268 g/mol. The fourth-order valence-electron chi connectivity index (χ4n) is 3.17. The van der Waals surface area contributed by atoms with Crippen LogP contribution in [0.15, 0.2) is 0 Å². The summed E-state index contributed by atoms with van der Waals surface area (Å²) in [5, 5.41) is 0. The summed E-state index contributed by atoms with van der Waals surface area (Å²) in [4.78, 5) is 30.2. The van der Waals surface area contributed by atoms with Gasteiger partial charge in [-0.15, -0.1) is 0 Å². The van der Waals surface area contributed by atoms with Crippen molar-refractivity contribution in [2.45, 2.75) is 31.7 Å². The van der Waals surface area contributed by atoms with Crippen LogP contribution in [0.5, 0.6) is 0 Å². The molecule has 2 N–H and O–H groups in total. The van der Waals surface area contributed by atoms with E-state index in [1.807, 2.05) is 28.8 Å². The monoisotopic (exact) mass is 296 g/mol. The lowest BCUT2D eigenvalue weighted by Gasteiger charge is -2.38. The topological polar surface area (TPSA) is 69.9 Å². The molecule has 120 valence electrons. The van der Waals surface area contributed by atoms with Crippen molar-refractivity contribution < 1.29 is 9.59 Å². The van der Waals surface area contributed by atoms with Crippen molar-refractivity contribution in [3.63, 3.8) is 0 Å². The minimum atomic E-state index is 0.147. The van der Waals surface area contributed by atoms with E-state index in [2.05, 4.69) is 0 Å². The Morgan fingerprint density at radius 1 is 1.00 bits per heavy atom. The second-order valence-electron chi connectivity index (χ2n) is 6.56. The van der Waals surface area contributed by atoms with Gasteiger partial charge in [-0.1, -0.05) is 0 Å². The first kappa shape index (κ1) is 16.2. The molecule has 0 unspecified atom stereocenters. The minimum Gasteiger partial charge on any atom is -0.339 e. The lowest BCUT2D eigenvalue weighted by Crippen LogP contribution is -2.53. The van der Waals surface area contributed by atoms with Gasteiger partial charge in [-0.05, 0) is 39.8 Å². The van der Waals surface area contributed by atoms with Crippen LogP contribution in [0.2, 0.25) is 0 Å². The Labute approximate surface area is 127 Å². The number of rotatable bonds is 3. The smallest absolute Gasteiger partial charge is 0.236 e. The lowest BCUT2D eigenvalue weighted by molar-refractivity contribution is -0.143. The molecule has 21 heavy (non-hydrogen) atoms. The molecule has 1 aliphatic carbocycles. The lowest BCUT2D eigenvalue weighted by atomic mass is 9.85. The van der Waals surface area contributed by atoms with Gasteiger partial charge in [-0.25, -0.2) is 0 Å². The van der Waals surface area contributed by atoms with Gasteiger partial charge in [0, 0.05) is 38.1 Å². The highest BCUT2D eigenvalue weighted by Gasteiger charge is 2.31. The highest BCUT2D eigenvalue weighted by Crippen LogP contribution is 2.25. The van der Waals surface area contributed by atoms with Crippen molar-refractivity contribution in [2.75, 3.05) is 46.8 Å². The largest absolute Gasteiger partial charge is 0.339 e. The molecule has 2 fully saturated rings. The Morgan fingerprint density at radius 3 is 2.05 bits per heavy atom. The molecule has 2 rings (SSSR count). The first-order valence-electron chi connectivity index (χ1n) is 7.94. The van der Waals surface area contributed by atoms with E-state index in [0.717, 1.165) is 25.7 Å². The maximum atomic E-state index is 12.5. The molecule has 0 radical (unpaired) electrons. The van der Waals surface area contributed by atoms with Gasteiger partial charge in [0.2, 0.25) is 11.8 Å². The molecule has 0 aromatic rings. The van der Waals surface area contributed by atoms with Crippen LogP contribution >= 0.6 is 0 Å². The summed E-state index contributed by atoms with van der Waals surface area (Å²) in [7, 11) is 3.79. The zero-order valence-electron chi connectivity index (χ0n) is 13.3. The molecule has 1 saturated heterocycles. The van der Waals surface area contributed by atoms with Crippen molar-refractivity contribution in [2.24, 2.45) is 11.7 Å². The van der Waals surface area contributed by atoms with Crippen LogP contribution in [0.3, 0.4) is 0 Å². The third kappa shape index (κ3) is 4.41. The number of carbonyl (C=O) groups is 2. The van der Waals surface area contributed by atoms with Crippen molar-refractivity contribution in [3.05, 3.63) is 0 Å². The zero-order chi connectivity index (χ0) is 15.4. The van der Waals surface area contributed by atoms with E-state index in [4.69, 9.17) is 5.73 Å². The van der Waals surface area contributed by atoms with Crippen molar-refractivity contribution >= 4 is 11.8 Å². The summed E-state index contributed by atoms with van der Waals surface area (Å²) in [5.41, 5.74) is 5.89. The Morgan fingerprint density at radius 2 is 1.52 bits per heavy atom. The van der Waals surface area contributed by atoms with Crippen LogP contribution in [-0.4, -0.2) is 79.4 Å². The molecule has 1 aliphatic heterocycles. The fourth-order valence-corrected chi connectivity index (χ4v) is 3.17. The maximum Gasteiger partial charge on any atom is 0.236 e. The Kier molecular flexibility index (Phi) is 5.58. The maximum absolute atomic E-state index is 12.5. The number of hydrogen-bond donors (Lipinski definition) is 1. The summed E-state index contributed by atoms with van der Waals surface area (Å²) in [6.07, 6.45) is 3.74. The van der Waals surface area contributed by atoms with Crippen molar-refractivity contribution in [1.29, 1.82) is 0 Å². The Hall–Kier alpha value is -1.14. The number of hydrogen-bond acceptors (Lipinski definition) is 4. The van der Waals surface area contributed by atoms with Crippen LogP contribution in [0.4, 0.5) is 0 Å². The minimum absolute atomic E-state index is 0.147. The summed E-state index contributed by atoms with van der Waals surface area (Å²) in [5.74, 6) is 0.561. The van der Waals surface area contributed by atoms with Crippen LogP contribution in [-0.2, 0) is 9.59 Å². The number of carbonyl (C=O) groups excluding carboxylic acids is 2. The van der Waals surface area contributed by atoms with Crippen LogP contribution in [0, 0.1) is 5.92 Å². The predicted molar refractivity (Wildman–Crippen MR) is 81.6 cm³/mol. The van der Waals surface area contributed by atoms with Gasteiger partial charge in [0.15, 0.2) is 0 Å². The summed E-state index contributed by atoms with van der Waals surface area (Å²) >= 11 is 0. The molecule has 0 bridgehead atoms. The number of nitrogens with two attached hydrogens (primary N) is 1. The van der Waals surface area contributed by atoms with E-state index >= 15 is 0 Å². The number of piperazine rings is 1. The first-order valence-corrected chi connectivity index (χ1v) is 7.94. The highest BCUT2D eigenvalue weighted by molar-refractivity contribution is 5.80. The van der Waals surface area contributed by atoms with Crippen LogP contribution < -0.4 is 5.73 Å². The van der Waals surface area contributed by atoms with Gasteiger partial charge in [-0.3, -0.25) is 9.59 Å². The molecule has 1 saturated carbocycles. The predicted octanol–water partition coefficient (Wildman–Crippen LogP) is -0.264. The van der Waals surface area contributed by atoms with E-state index in [1.165, 1.54) is 0 Å². The molecule has 0 aromatic heterocycles. The molecule has 2 aliphatic rings. The second-order valence-corrected chi connectivity index (χ2v) is 6.56. The van der Waals surface area contributed by atoms with Gasteiger partial charge < -0.3 is 20.4 Å². The van der Waals surface area contributed by atoms with Gasteiger partial charge >= 0.3 is 0 Å². The van der Waals surface area contributed by atoms with Crippen LogP contribution in [0.25, 0.3) is 0 Å². The van der Waals surface area contributed by atoms with Crippen LogP contribution in [0.1, 0.15) is 25.7 Å². The number of amides is 2. The molecule has 0 aromatic carbocycles. The van der Waals surface area contributed by atoms with Gasteiger partial charge in [-0.2, -0.15) is 0 Å². The fraction of sp³-hybridized carbons (Fsp3) is 0.867. The average molecular weight is 296 g/mol. The van der Waals surface area contributed by atoms with E-state index in [1.54, 1.807) is 0 Å². The Balaban J connectivity index is 1.78. The molecule has 1 heterocycles. The SMILES string of the molecule is CN(C)CC(=O)N1CCN(C(=O)C2CCC(N)CC2)CC1. The quantitative estimate of drug-likeness (QED) is 0.779. The molecule has 6 nitrogen and oxygen atoms in total. The van der Waals surface area contributed by atoms with Gasteiger partial charge in [0.05, 0.1) is 6.54 Å². The van der Waals surface area contributed by atoms with Crippen molar-refractivity contribution in [3.8, 4) is 0 Å². The van der Waals surface area contributed by atoms with E-state index in [-0.39, 0.29) is 23.8 Å². The highest BCUT2D eigenvalue weighted by atomic mass is 16.2. The molecule has 0 atom stereocenters. The normalized spacial score (nSPS) is 27.0. The summed E-state index contributed by atoms with van der Waals surface area (Å²) < 4.78 is 0. The third-order valence-electron chi connectivity index (χ3n) is 4.52. The summed E-state index contributed by atoms with van der Waals surface area (Å²) in [6.45, 7) is 3.09. The third-order valence-corrected chi connectivity index (χ3v) is 4.52. The first-order chi connectivity index (χ1) is 9.97. The van der Waals surface area contributed by atoms with E-state index in [0.29, 0.717) is 32.7 Å². The van der Waals surface area contributed by atoms with Gasteiger partial charge in [0.25, 0.3) is 0 Å². The van der Waals surface area contributed by atoms with E-state index in [9.17, 15) is 9.59 Å². The number of nitrogens with zero attached hydrogens (tertiary/aromatic N) is 3. The molecule has 2 amide bonds.